The molecule has 22 heavy (non-hydrogen) atoms. The third-order valence-corrected chi connectivity index (χ3v) is 4.51. The van der Waals surface area contributed by atoms with Crippen molar-refractivity contribution in [2.45, 2.75) is 25.8 Å². The van der Waals surface area contributed by atoms with E-state index in [1.54, 1.807) is 0 Å². The summed E-state index contributed by atoms with van der Waals surface area (Å²) in [6, 6.07) is 15.6. The Kier molecular flexibility index (Phi) is 4.34. The quantitative estimate of drug-likeness (QED) is 0.829. The van der Waals surface area contributed by atoms with E-state index in [2.05, 4.69) is 5.32 Å². The van der Waals surface area contributed by atoms with Crippen molar-refractivity contribution >= 4 is 23.3 Å². The average Bonchev–Trinajstić information content (AvgIpc) is 2.99. The van der Waals surface area contributed by atoms with Crippen LogP contribution in [0.25, 0.3) is 0 Å². The van der Waals surface area contributed by atoms with Crippen LogP contribution in [-0.4, -0.2) is 17.5 Å². The summed E-state index contributed by atoms with van der Waals surface area (Å²) < 4.78 is 0. The van der Waals surface area contributed by atoms with E-state index in [1.165, 1.54) is 0 Å². The van der Waals surface area contributed by atoms with Gasteiger partial charge in [-0.2, -0.15) is 0 Å². The Labute approximate surface area is 135 Å². The van der Waals surface area contributed by atoms with Crippen molar-refractivity contribution in [1.29, 1.82) is 0 Å². The second kappa shape index (κ2) is 6.41. The number of nitrogens with zero attached hydrogens (tertiary/aromatic N) is 1. The fourth-order valence-electron chi connectivity index (χ4n) is 2.98. The molecule has 2 aromatic rings. The molecule has 1 fully saturated rings. The molecule has 1 N–H and O–H groups in total. The van der Waals surface area contributed by atoms with Gasteiger partial charge in [0.1, 0.15) is 0 Å². The number of anilines is 1. The van der Waals surface area contributed by atoms with Crippen LogP contribution in [0.2, 0.25) is 5.02 Å². The van der Waals surface area contributed by atoms with E-state index in [-0.39, 0.29) is 12.1 Å². The van der Waals surface area contributed by atoms with Crippen LogP contribution in [0.5, 0.6) is 0 Å². The molecule has 4 heteroatoms. The van der Waals surface area contributed by atoms with Gasteiger partial charge in [-0.3, -0.25) is 0 Å². The molecule has 2 aromatic carbocycles. The average molecular weight is 315 g/mol. The molecule has 0 radical (unpaired) electrons. The van der Waals surface area contributed by atoms with Gasteiger partial charge < -0.3 is 10.2 Å². The highest BCUT2D eigenvalue weighted by molar-refractivity contribution is 6.31. The summed E-state index contributed by atoms with van der Waals surface area (Å²) >= 11 is 6.30. The normalized spacial score (nSPS) is 17.5. The number of halogens is 1. The summed E-state index contributed by atoms with van der Waals surface area (Å²) in [5, 5.41) is 3.74. The van der Waals surface area contributed by atoms with Crippen molar-refractivity contribution in [3.63, 3.8) is 0 Å². The number of carbonyl (C=O) groups is 1. The predicted molar refractivity (Wildman–Crippen MR) is 90.3 cm³/mol. The Balaban J connectivity index is 1.80. The number of likely N-dealkylation sites (tertiary alicyclic amines) is 1. The van der Waals surface area contributed by atoms with Gasteiger partial charge in [0.15, 0.2) is 0 Å². The van der Waals surface area contributed by atoms with Gasteiger partial charge in [-0.15, -0.1) is 0 Å². The highest BCUT2D eigenvalue weighted by Gasteiger charge is 2.31. The van der Waals surface area contributed by atoms with Crippen LogP contribution in [0.3, 0.4) is 0 Å². The topological polar surface area (TPSA) is 32.3 Å². The number of rotatable bonds is 2. The molecule has 2 amide bonds. The molecule has 114 valence electrons. The summed E-state index contributed by atoms with van der Waals surface area (Å²) in [5.74, 6) is 0. The number of aryl methyl sites for hydroxylation is 1. The maximum Gasteiger partial charge on any atom is 0.322 e. The van der Waals surface area contributed by atoms with Gasteiger partial charge in [-0.1, -0.05) is 48.0 Å². The minimum Gasteiger partial charge on any atom is -0.317 e. The first kappa shape index (κ1) is 14.9. The van der Waals surface area contributed by atoms with Crippen molar-refractivity contribution in [1.82, 2.24) is 4.90 Å². The van der Waals surface area contributed by atoms with E-state index >= 15 is 0 Å². The number of urea groups is 1. The number of carbonyl (C=O) groups excluding carboxylic acids is 1. The van der Waals surface area contributed by atoms with Crippen molar-refractivity contribution in [3.8, 4) is 0 Å². The Morgan fingerprint density at radius 3 is 2.68 bits per heavy atom. The Hall–Kier alpha value is -2.00. The van der Waals surface area contributed by atoms with Crippen molar-refractivity contribution in [3.05, 3.63) is 64.7 Å². The van der Waals surface area contributed by atoms with Gasteiger partial charge in [0.25, 0.3) is 0 Å². The zero-order valence-corrected chi connectivity index (χ0v) is 13.3. The number of nitrogens with one attached hydrogen (secondary N) is 1. The lowest BCUT2D eigenvalue weighted by atomic mass is 10.0. The van der Waals surface area contributed by atoms with E-state index in [0.29, 0.717) is 0 Å². The van der Waals surface area contributed by atoms with Crippen molar-refractivity contribution < 1.29 is 4.79 Å². The molecule has 0 spiro atoms. The minimum atomic E-state index is -0.0586. The number of benzene rings is 2. The number of amides is 2. The standard InChI is InChI=1S/C18H19ClN2O/c1-13-7-2-5-10-16(13)20-18(22)21-12-6-11-17(21)14-8-3-4-9-15(14)19/h2-5,7-10,17H,6,11-12H2,1H3,(H,20,22)/t17-/m0/s1. The number of para-hydroxylation sites is 1. The predicted octanol–water partition coefficient (Wildman–Crippen LogP) is 5.02. The Morgan fingerprint density at radius 2 is 1.91 bits per heavy atom. The summed E-state index contributed by atoms with van der Waals surface area (Å²) in [4.78, 5) is 14.5. The van der Waals surface area contributed by atoms with E-state index < -0.39 is 0 Å². The van der Waals surface area contributed by atoms with E-state index in [1.807, 2.05) is 60.4 Å². The maximum atomic E-state index is 12.6. The second-order valence-electron chi connectivity index (χ2n) is 5.62. The van der Waals surface area contributed by atoms with Crippen molar-refractivity contribution in [2.75, 3.05) is 11.9 Å². The van der Waals surface area contributed by atoms with Crippen LogP contribution in [-0.2, 0) is 0 Å². The summed E-state index contributed by atoms with van der Waals surface area (Å²) in [7, 11) is 0. The third kappa shape index (κ3) is 2.95. The fraction of sp³-hybridized carbons (Fsp3) is 0.278. The molecule has 0 unspecified atom stereocenters. The molecule has 0 bridgehead atoms. The molecular formula is C18H19ClN2O. The summed E-state index contributed by atoms with van der Waals surface area (Å²) in [5.41, 5.74) is 2.95. The van der Waals surface area contributed by atoms with Gasteiger partial charge in [-0.05, 0) is 43.0 Å². The lowest BCUT2D eigenvalue weighted by Crippen LogP contribution is -2.34. The van der Waals surface area contributed by atoms with Gasteiger partial charge in [0.2, 0.25) is 0 Å². The summed E-state index contributed by atoms with van der Waals surface area (Å²) in [6.45, 7) is 2.75. The molecule has 1 heterocycles. The largest absolute Gasteiger partial charge is 0.322 e. The van der Waals surface area contributed by atoms with E-state index in [4.69, 9.17) is 11.6 Å². The molecule has 1 aliphatic rings. The first-order valence-electron chi connectivity index (χ1n) is 7.54. The Morgan fingerprint density at radius 1 is 1.18 bits per heavy atom. The van der Waals surface area contributed by atoms with Crippen LogP contribution >= 0.6 is 11.6 Å². The number of hydrogen-bond donors (Lipinski definition) is 1. The molecule has 3 rings (SSSR count). The molecule has 1 aliphatic heterocycles. The SMILES string of the molecule is Cc1ccccc1NC(=O)N1CCC[C@H]1c1ccccc1Cl. The second-order valence-corrected chi connectivity index (χ2v) is 6.03. The van der Waals surface area contributed by atoms with Crippen molar-refractivity contribution in [2.24, 2.45) is 0 Å². The van der Waals surface area contributed by atoms with Gasteiger partial charge in [0, 0.05) is 17.3 Å². The molecule has 1 saturated heterocycles. The monoisotopic (exact) mass is 314 g/mol. The smallest absolute Gasteiger partial charge is 0.317 e. The first-order valence-corrected chi connectivity index (χ1v) is 7.92. The van der Waals surface area contributed by atoms with Gasteiger partial charge in [0.05, 0.1) is 6.04 Å². The first-order chi connectivity index (χ1) is 10.7. The highest BCUT2D eigenvalue weighted by atomic mass is 35.5. The van der Waals surface area contributed by atoms with Crippen LogP contribution < -0.4 is 5.32 Å². The maximum absolute atomic E-state index is 12.6. The van der Waals surface area contributed by atoms with Crippen LogP contribution in [0.1, 0.15) is 30.0 Å². The molecule has 0 saturated carbocycles. The van der Waals surface area contributed by atoms with Crippen LogP contribution in [0.4, 0.5) is 10.5 Å². The molecule has 1 atom stereocenters. The fourth-order valence-corrected chi connectivity index (χ4v) is 3.24. The molecule has 3 nitrogen and oxygen atoms in total. The lowest BCUT2D eigenvalue weighted by molar-refractivity contribution is 0.207. The van der Waals surface area contributed by atoms with Gasteiger partial charge in [-0.25, -0.2) is 4.79 Å². The van der Waals surface area contributed by atoms with Crippen LogP contribution in [0, 0.1) is 6.92 Å². The molecular weight excluding hydrogens is 296 g/mol. The minimum absolute atomic E-state index is 0.0534. The summed E-state index contributed by atoms with van der Waals surface area (Å²) in [6.07, 6.45) is 1.95. The lowest BCUT2D eigenvalue weighted by Gasteiger charge is -2.26. The number of hydrogen-bond acceptors (Lipinski definition) is 1. The highest BCUT2D eigenvalue weighted by Crippen LogP contribution is 2.36. The van der Waals surface area contributed by atoms with E-state index in [9.17, 15) is 4.79 Å². The van der Waals surface area contributed by atoms with Gasteiger partial charge >= 0.3 is 6.03 Å². The molecule has 0 aromatic heterocycles. The Bertz CT molecular complexity index is 686. The van der Waals surface area contributed by atoms with E-state index in [0.717, 1.165) is 41.2 Å². The molecule has 0 aliphatic carbocycles. The zero-order chi connectivity index (χ0) is 15.5. The third-order valence-electron chi connectivity index (χ3n) is 4.16. The zero-order valence-electron chi connectivity index (χ0n) is 12.6. The van der Waals surface area contributed by atoms with Crippen LogP contribution in [0.15, 0.2) is 48.5 Å².